The van der Waals surface area contributed by atoms with Crippen LogP contribution in [0.4, 0.5) is 0 Å². The number of hydrogen-bond donors (Lipinski definition) is 3. The molecule has 0 atom stereocenters. The van der Waals surface area contributed by atoms with Crippen molar-refractivity contribution in [3.8, 4) is 0 Å². The Balaban J connectivity index is 0.000000582. The van der Waals surface area contributed by atoms with Crippen LogP contribution in [0.3, 0.4) is 0 Å². The number of carboxylic acids is 2. The van der Waals surface area contributed by atoms with Crippen molar-refractivity contribution in [3.05, 3.63) is 29.3 Å². The van der Waals surface area contributed by atoms with E-state index >= 15 is 0 Å². The lowest BCUT2D eigenvalue weighted by molar-refractivity contribution is 0.0696. The van der Waals surface area contributed by atoms with E-state index in [0.717, 1.165) is 6.07 Å². The number of aromatic carboxylic acids is 2. The third-order valence-electron chi connectivity index (χ3n) is 5.33. The molecule has 0 aromatic heterocycles. The molecule has 0 spiro atoms. The summed E-state index contributed by atoms with van der Waals surface area (Å²) in [5, 5.41) is 17.2. The van der Waals surface area contributed by atoms with Gasteiger partial charge in [-0.05, 0) is 44.4 Å². The molecular weight excluding hydrogens is 439 g/mol. The lowest BCUT2D eigenvalue weighted by Gasteiger charge is -2.26. The molecule has 31 heavy (non-hydrogen) atoms. The molecule has 0 bridgehead atoms. The van der Waals surface area contributed by atoms with Crippen LogP contribution in [0.25, 0.3) is 0 Å². The minimum absolute atomic E-state index is 0.527. The number of rotatable bonds is 13. The largest absolute Gasteiger partial charge is 0.478 e. The quantitative estimate of drug-likeness (QED) is 0.243. The highest BCUT2D eigenvalue weighted by atomic mass is 32.2. The molecule has 9 heteroatoms. The molecule has 0 heterocycles. The van der Waals surface area contributed by atoms with Gasteiger partial charge in [0, 0.05) is 7.26 Å². The van der Waals surface area contributed by atoms with Crippen LogP contribution in [0.5, 0.6) is 0 Å². The summed E-state index contributed by atoms with van der Waals surface area (Å²) >= 11 is 0. The first-order chi connectivity index (χ1) is 14.5. The lowest BCUT2D eigenvalue weighted by Crippen LogP contribution is -2.11. The Morgan fingerprint density at radius 1 is 0.774 bits per heavy atom. The van der Waals surface area contributed by atoms with Gasteiger partial charge in [-0.2, -0.15) is 8.42 Å². The average Bonchev–Trinajstić information content (AvgIpc) is 2.73. The maximum atomic E-state index is 10.8. The number of carboxylic acid groups (broad SMARTS) is 2. The van der Waals surface area contributed by atoms with Crippen molar-refractivity contribution in [3.63, 3.8) is 0 Å². The van der Waals surface area contributed by atoms with E-state index in [1.807, 2.05) is 0 Å². The van der Waals surface area contributed by atoms with Crippen LogP contribution in [-0.4, -0.2) is 59.8 Å². The molecule has 0 fully saturated rings. The van der Waals surface area contributed by atoms with E-state index in [1.54, 1.807) is 18.5 Å². The molecule has 0 aliphatic heterocycles. The van der Waals surface area contributed by atoms with E-state index in [4.69, 9.17) is 14.8 Å². The SMILES string of the molecule is CCCC[P+](CC)(CCCC)CCCC.O=C(O)c1cc(C(=O)O)cc(S(=O)(=O)O)c1. The minimum Gasteiger partial charge on any atom is -0.478 e. The van der Waals surface area contributed by atoms with Crippen LogP contribution in [0, 0.1) is 0 Å². The van der Waals surface area contributed by atoms with Crippen LogP contribution in [-0.2, 0) is 10.1 Å². The van der Waals surface area contributed by atoms with E-state index in [2.05, 4.69) is 27.7 Å². The molecular formula is C22H38O7PS+. The van der Waals surface area contributed by atoms with Crippen molar-refractivity contribution >= 4 is 29.3 Å². The van der Waals surface area contributed by atoms with E-state index in [9.17, 15) is 18.0 Å². The second-order valence-corrected chi connectivity index (χ2v) is 13.8. The Morgan fingerprint density at radius 3 is 1.35 bits per heavy atom. The topological polar surface area (TPSA) is 129 Å². The van der Waals surface area contributed by atoms with Gasteiger partial charge < -0.3 is 10.2 Å². The monoisotopic (exact) mass is 477 g/mol. The third-order valence-corrected chi connectivity index (χ3v) is 11.3. The van der Waals surface area contributed by atoms with Crippen LogP contribution >= 0.6 is 7.26 Å². The summed E-state index contributed by atoms with van der Waals surface area (Å²) in [5.41, 5.74) is -1.07. The molecule has 0 aliphatic carbocycles. The molecule has 178 valence electrons. The average molecular weight is 478 g/mol. The highest BCUT2D eigenvalue weighted by Crippen LogP contribution is 2.60. The second kappa shape index (κ2) is 14.5. The summed E-state index contributed by atoms with van der Waals surface area (Å²) in [4.78, 5) is 20.4. The number of hydrogen-bond acceptors (Lipinski definition) is 4. The molecule has 0 aliphatic rings. The zero-order chi connectivity index (χ0) is 24.1. The Kier molecular flexibility index (Phi) is 13.8. The predicted molar refractivity (Wildman–Crippen MR) is 127 cm³/mol. The summed E-state index contributed by atoms with van der Waals surface area (Å²) in [6.45, 7) is 9.46. The van der Waals surface area contributed by atoms with E-state index < -0.39 is 45.3 Å². The third kappa shape index (κ3) is 11.1. The van der Waals surface area contributed by atoms with Crippen molar-refractivity contribution in [2.75, 3.05) is 24.6 Å². The van der Waals surface area contributed by atoms with Gasteiger partial charge in [0.2, 0.25) is 0 Å². The van der Waals surface area contributed by atoms with Gasteiger partial charge in [-0.3, -0.25) is 4.55 Å². The first-order valence-corrected chi connectivity index (χ1v) is 14.9. The van der Waals surface area contributed by atoms with Crippen molar-refractivity contribution in [2.24, 2.45) is 0 Å². The smallest absolute Gasteiger partial charge is 0.335 e. The second-order valence-electron chi connectivity index (χ2n) is 7.72. The number of benzene rings is 1. The van der Waals surface area contributed by atoms with Gasteiger partial charge in [-0.15, -0.1) is 0 Å². The fourth-order valence-electron chi connectivity index (χ4n) is 3.29. The highest BCUT2D eigenvalue weighted by Gasteiger charge is 2.32. The van der Waals surface area contributed by atoms with Crippen LogP contribution in [0.2, 0.25) is 0 Å². The summed E-state index contributed by atoms with van der Waals surface area (Å²) < 4.78 is 30.2. The summed E-state index contributed by atoms with van der Waals surface area (Å²) in [6.07, 6.45) is 14.9. The fraction of sp³-hybridized carbons (Fsp3) is 0.636. The van der Waals surface area contributed by atoms with Crippen LogP contribution in [0.15, 0.2) is 23.1 Å². The standard InChI is InChI=1S/C14H32P.C8H6O7S/c1-5-9-12-15(8-4,13-10-6-2)14-11-7-3;9-7(10)4-1-5(8(11)12)3-6(2-4)16(13,14)15/h5-14H2,1-4H3;1-3H,(H,9,10)(H,11,12)(H,13,14,15)/q+1;. The van der Waals surface area contributed by atoms with Gasteiger partial charge in [-0.1, -0.05) is 40.0 Å². The van der Waals surface area contributed by atoms with Crippen LogP contribution in [0.1, 0.15) is 86.9 Å². The summed E-state index contributed by atoms with van der Waals surface area (Å²) in [6, 6.07) is 2.13. The molecule has 0 radical (unpaired) electrons. The van der Waals surface area contributed by atoms with E-state index in [-0.39, 0.29) is 0 Å². The first-order valence-electron chi connectivity index (χ1n) is 10.9. The highest BCUT2D eigenvalue weighted by molar-refractivity contribution is 7.85. The van der Waals surface area contributed by atoms with Gasteiger partial charge in [0.15, 0.2) is 0 Å². The molecule has 0 unspecified atom stereocenters. The number of carbonyl (C=O) groups is 2. The fourth-order valence-corrected chi connectivity index (χ4v) is 8.42. The summed E-state index contributed by atoms with van der Waals surface area (Å²) in [5.74, 6) is -2.99. The van der Waals surface area contributed by atoms with Crippen molar-refractivity contribution in [2.45, 2.75) is 71.1 Å². The van der Waals surface area contributed by atoms with Crippen molar-refractivity contribution in [1.29, 1.82) is 0 Å². The predicted octanol–water partition coefficient (Wildman–Crippen LogP) is 5.75. The molecule has 1 aromatic carbocycles. The van der Waals surface area contributed by atoms with Crippen LogP contribution < -0.4 is 0 Å². The first kappa shape index (κ1) is 29.5. The van der Waals surface area contributed by atoms with E-state index in [1.165, 1.54) is 44.7 Å². The molecule has 0 saturated carbocycles. The van der Waals surface area contributed by atoms with Gasteiger partial charge in [-0.25, -0.2) is 9.59 Å². The Morgan fingerprint density at radius 2 is 1.13 bits per heavy atom. The molecule has 0 amide bonds. The zero-order valence-electron chi connectivity index (χ0n) is 19.1. The maximum absolute atomic E-state index is 10.8. The molecule has 1 rings (SSSR count). The molecule has 1 aromatic rings. The summed E-state index contributed by atoms with van der Waals surface area (Å²) in [7, 11) is -5.17. The Hall–Kier alpha value is -1.50. The Bertz CT molecular complexity index is 752. The lowest BCUT2D eigenvalue weighted by atomic mass is 10.1. The maximum Gasteiger partial charge on any atom is 0.335 e. The van der Waals surface area contributed by atoms with Crippen molar-refractivity contribution in [1.82, 2.24) is 0 Å². The molecule has 0 saturated heterocycles. The minimum atomic E-state index is -4.64. The Labute approximate surface area is 187 Å². The number of unbranched alkanes of at least 4 members (excludes halogenated alkanes) is 3. The van der Waals surface area contributed by atoms with Gasteiger partial charge in [0.1, 0.15) is 0 Å². The van der Waals surface area contributed by atoms with Gasteiger partial charge in [0.25, 0.3) is 10.1 Å². The molecule has 7 nitrogen and oxygen atoms in total. The normalized spacial score (nSPS) is 11.5. The molecule has 3 N–H and O–H groups in total. The zero-order valence-corrected chi connectivity index (χ0v) is 20.8. The van der Waals surface area contributed by atoms with Gasteiger partial charge in [0.05, 0.1) is 40.7 Å². The van der Waals surface area contributed by atoms with E-state index in [0.29, 0.717) is 12.1 Å². The van der Waals surface area contributed by atoms with Gasteiger partial charge >= 0.3 is 11.9 Å². The van der Waals surface area contributed by atoms with Crippen molar-refractivity contribution < 1.29 is 32.8 Å².